The molecule has 0 aliphatic heterocycles. The minimum Gasteiger partial charge on any atom is -0.469 e. The van der Waals surface area contributed by atoms with E-state index in [9.17, 15) is 0 Å². The molecule has 1 aromatic carbocycles. The van der Waals surface area contributed by atoms with E-state index in [1.165, 1.54) is 10.2 Å². The maximum atomic E-state index is 5.51. The molecule has 0 aliphatic carbocycles. The van der Waals surface area contributed by atoms with E-state index < -0.39 is 0 Å². The number of para-hydroxylation sites is 1. The second kappa shape index (κ2) is 7.22. The minimum absolute atomic E-state index is 0.400. The van der Waals surface area contributed by atoms with Crippen LogP contribution in [0.5, 0.6) is 0 Å². The number of nitrogens with one attached hydrogen (secondary N) is 1. The molecule has 0 amide bonds. The molecule has 0 saturated heterocycles. The molecule has 0 saturated carbocycles. The summed E-state index contributed by atoms with van der Waals surface area (Å²) in [6.07, 6.45) is 4.92. The second-order valence-electron chi connectivity index (χ2n) is 5.40. The number of furan rings is 1. The Labute approximate surface area is 139 Å². The molecule has 3 nitrogen and oxygen atoms in total. The number of aromatic nitrogens is 1. The van der Waals surface area contributed by atoms with Crippen molar-refractivity contribution in [3.05, 3.63) is 52.4 Å². The van der Waals surface area contributed by atoms with Crippen molar-refractivity contribution in [3.63, 3.8) is 0 Å². The zero-order valence-corrected chi connectivity index (χ0v) is 14.3. The predicted molar refractivity (Wildman–Crippen MR) is 94.9 cm³/mol. The van der Waals surface area contributed by atoms with Crippen LogP contribution in [-0.2, 0) is 13.1 Å². The van der Waals surface area contributed by atoms with Crippen molar-refractivity contribution in [2.45, 2.75) is 38.9 Å². The number of fused-ring (bicyclic) bond motifs is 1. The largest absolute Gasteiger partial charge is 0.469 e. The Bertz CT molecular complexity index is 773. The first-order valence-electron chi connectivity index (χ1n) is 7.62. The number of hydrogen-bond donors (Lipinski definition) is 1. The zero-order chi connectivity index (χ0) is 15.4. The van der Waals surface area contributed by atoms with Gasteiger partial charge in [0.05, 0.1) is 23.1 Å². The van der Waals surface area contributed by atoms with Gasteiger partial charge in [0.15, 0.2) is 3.95 Å². The third-order valence-electron chi connectivity index (χ3n) is 3.78. The molecule has 2 heterocycles. The van der Waals surface area contributed by atoms with E-state index in [-0.39, 0.29) is 0 Å². The first-order valence-corrected chi connectivity index (χ1v) is 8.84. The molecule has 0 bridgehead atoms. The van der Waals surface area contributed by atoms with Crippen molar-refractivity contribution in [3.8, 4) is 0 Å². The van der Waals surface area contributed by atoms with Crippen LogP contribution in [0.3, 0.4) is 0 Å². The topological polar surface area (TPSA) is 30.1 Å². The van der Waals surface area contributed by atoms with E-state index in [4.69, 9.17) is 16.6 Å². The van der Waals surface area contributed by atoms with Crippen LogP contribution in [-0.4, -0.2) is 10.6 Å². The fourth-order valence-electron chi connectivity index (χ4n) is 2.68. The summed E-state index contributed by atoms with van der Waals surface area (Å²) in [5, 5.41) is 3.64. The minimum atomic E-state index is 0.400. The Morgan fingerprint density at radius 3 is 2.91 bits per heavy atom. The number of rotatable bonds is 7. The van der Waals surface area contributed by atoms with Gasteiger partial charge in [-0.15, -0.1) is 11.3 Å². The van der Waals surface area contributed by atoms with Crippen molar-refractivity contribution < 1.29 is 4.42 Å². The highest BCUT2D eigenvalue weighted by Gasteiger charge is 2.11. The second-order valence-corrected chi connectivity index (χ2v) is 7.07. The Morgan fingerprint density at radius 1 is 1.27 bits per heavy atom. The van der Waals surface area contributed by atoms with E-state index >= 15 is 0 Å². The van der Waals surface area contributed by atoms with Gasteiger partial charge in [0, 0.05) is 12.5 Å². The highest BCUT2D eigenvalue weighted by molar-refractivity contribution is 7.73. The molecule has 116 valence electrons. The monoisotopic (exact) mass is 332 g/mol. The third kappa shape index (κ3) is 3.48. The fourth-order valence-corrected chi connectivity index (χ4v) is 4.00. The summed E-state index contributed by atoms with van der Waals surface area (Å²) in [5.74, 6) is 1.03. The molecule has 0 aliphatic rings. The van der Waals surface area contributed by atoms with Gasteiger partial charge in [-0.2, -0.15) is 0 Å². The van der Waals surface area contributed by atoms with Crippen molar-refractivity contribution >= 4 is 33.8 Å². The molecule has 0 fully saturated rings. The zero-order valence-electron chi connectivity index (χ0n) is 12.6. The van der Waals surface area contributed by atoms with Crippen LogP contribution in [0.1, 0.15) is 25.5 Å². The number of benzene rings is 1. The summed E-state index contributed by atoms with van der Waals surface area (Å²) in [6, 6.07) is 12.8. The molecular formula is C17H20N2OS2. The summed E-state index contributed by atoms with van der Waals surface area (Å²) < 4.78 is 9.82. The molecule has 1 atom stereocenters. The van der Waals surface area contributed by atoms with E-state index in [2.05, 4.69) is 41.1 Å². The van der Waals surface area contributed by atoms with Gasteiger partial charge < -0.3 is 8.98 Å². The SMILES string of the molecule is CCCC(Cc1ccco1)NCn1c(=S)sc2ccccc21. The lowest BCUT2D eigenvalue weighted by atomic mass is 10.1. The summed E-state index contributed by atoms with van der Waals surface area (Å²) in [5.41, 5.74) is 1.21. The van der Waals surface area contributed by atoms with Crippen LogP contribution in [0.15, 0.2) is 47.1 Å². The smallest absolute Gasteiger partial charge is 0.163 e. The van der Waals surface area contributed by atoms with Crippen molar-refractivity contribution in [2.75, 3.05) is 0 Å². The molecule has 1 N–H and O–H groups in total. The van der Waals surface area contributed by atoms with Gasteiger partial charge in [0.1, 0.15) is 5.76 Å². The van der Waals surface area contributed by atoms with Crippen LogP contribution in [0.2, 0.25) is 0 Å². The Morgan fingerprint density at radius 2 is 2.14 bits per heavy atom. The molecule has 1 unspecified atom stereocenters. The lowest BCUT2D eigenvalue weighted by molar-refractivity contribution is 0.394. The molecule has 0 spiro atoms. The first kappa shape index (κ1) is 15.5. The lowest BCUT2D eigenvalue weighted by Gasteiger charge is -2.18. The maximum absolute atomic E-state index is 5.51. The Hall–Kier alpha value is -1.43. The standard InChI is InChI=1S/C17H20N2OS2/c1-2-6-13(11-14-7-5-10-20-14)18-12-19-15-8-3-4-9-16(15)22-17(19)21/h3-5,7-10,13,18H,2,6,11-12H2,1H3. The van der Waals surface area contributed by atoms with E-state index in [1.807, 2.05) is 12.1 Å². The third-order valence-corrected chi connectivity index (χ3v) is 5.21. The Kier molecular flexibility index (Phi) is 5.08. The number of hydrogen-bond acceptors (Lipinski definition) is 4. The van der Waals surface area contributed by atoms with Crippen LogP contribution < -0.4 is 5.32 Å². The van der Waals surface area contributed by atoms with Crippen molar-refractivity contribution in [1.29, 1.82) is 0 Å². The van der Waals surface area contributed by atoms with Gasteiger partial charge in [-0.3, -0.25) is 5.32 Å². The van der Waals surface area contributed by atoms with Gasteiger partial charge in [-0.1, -0.05) is 25.5 Å². The fraction of sp³-hybridized carbons (Fsp3) is 0.353. The quantitative estimate of drug-likeness (QED) is 0.619. The van der Waals surface area contributed by atoms with E-state index in [1.54, 1.807) is 17.6 Å². The molecule has 22 heavy (non-hydrogen) atoms. The molecule has 3 aromatic rings. The van der Waals surface area contributed by atoms with Gasteiger partial charge in [0.25, 0.3) is 0 Å². The predicted octanol–water partition coefficient (Wildman–Crippen LogP) is 4.98. The first-order chi connectivity index (χ1) is 10.8. The normalized spacial score (nSPS) is 12.8. The average molecular weight is 332 g/mol. The van der Waals surface area contributed by atoms with Gasteiger partial charge in [0.2, 0.25) is 0 Å². The number of nitrogens with zero attached hydrogens (tertiary/aromatic N) is 1. The number of thiazole rings is 1. The lowest BCUT2D eigenvalue weighted by Crippen LogP contribution is -2.32. The van der Waals surface area contributed by atoms with Crippen molar-refractivity contribution in [1.82, 2.24) is 9.88 Å². The molecule has 0 radical (unpaired) electrons. The highest BCUT2D eigenvalue weighted by Crippen LogP contribution is 2.22. The summed E-state index contributed by atoms with van der Waals surface area (Å²) >= 11 is 7.18. The summed E-state index contributed by atoms with van der Waals surface area (Å²) in [4.78, 5) is 0. The van der Waals surface area contributed by atoms with Crippen LogP contribution in [0, 0.1) is 3.95 Å². The maximum Gasteiger partial charge on any atom is 0.163 e. The van der Waals surface area contributed by atoms with E-state index in [0.717, 1.165) is 35.6 Å². The van der Waals surface area contributed by atoms with Gasteiger partial charge in [-0.05, 0) is 42.9 Å². The van der Waals surface area contributed by atoms with Crippen LogP contribution >= 0.6 is 23.6 Å². The van der Waals surface area contributed by atoms with Gasteiger partial charge >= 0.3 is 0 Å². The van der Waals surface area contributed by atoms with Gasteiger partial charge in [-0.25, -0.2) is 0 Å². The van der Waals surface area contributed by atoms with Crippen LogP contribution in [0.4, 0.5) is 0 Å². The highest BCUT2D eigenvalue weighted by atomic mass is 32.1. The molecule has 3 rings (SSSR count). The molecule has 2 aromatic heterocycles. The van der Waals surface area contributed by atoms with Crippen molar-refractivity contribution in [2.24, 2.45) is 0 Å². The molecular weight excluding hydrogens is 312 g/mol. The summed E-state index contributed by atoms with van der Waals surface area (Å²) in [6.45, 7) is 2.96. The summed E-state index contributed by atoms with van der Waals surface area (Å²) in [7, 11) is 0. The van der Waals surface area contributed by atoms with Crippen LogP contribution in [0.25, 0.3) is 10.2 Å². The van der Waals surface area contributed by atoms with E-state index in [0.29, 0.717) is 6.04 Å². The molecule has 5 heteroatoms. The Balaban J connectivity index is 1.73. The average Bonchev–Trinajstić information content (AvgIpc) is 3.12.